The minimum absolute atomic E-state index is 0.122. The molecule has 3 rings (SSSR count). The molecular formula is C21H25NO3. The highest BCUT2D eigenvalue weighted by atomic mass is 16.5. The van der Waals surface area contributed by atoms with E-state index in [0.717, 1.165) is 24.3 Å². The van der Waals surface area contributed by atoms with Gasteiger partial charge in [0.15, 0.2) is 0 Å². The Morgan fingerprint density at radius 3 is 2.04 bits per heavy atom. The van der Waals surface area contributed by atoms with Crippen molar-refractivity contribution in [3.63, 3.8) is 0 Å². The molecule has 25 heavy (non-hydrogen) atoms. The van der Waals surface area contributed by atoms with E-state index in [1.165, 1.54) is 22.3 Å². The molecular weight excluding hydrogens is 314 g/mol. The lowest BCUT2D eigenvalue weighted by atomic mass is 9.93. The van der Waals surface area contributed by atoms with Crippen LogP contribution in [0.1, 0.15) is 43.2 Å². The summed E-state index contributed by atoms with van der Waals surface area (Å²) in [5.74, 6) is 2.08. The number of ether oxygens (including phenoxy) is 2. The van der Waals surface area contributed by atoms with E-state index in [-0.39, 0.29) is 11.8 Å². The van der Waals surface area contributed by atoms with E-state index in [9.17, 15) is 4.79 Å². The van der Waals surface area contributed by atoms with Gasteiger partial charge in [0.2, 0.25) is 5.91 Å². The van der Waals surface area contributed by atoms with Gasteiger partial charge in [-0.2, -0.15) is 0 Å². The van der Waals surface area contributed by atoms with E-state index >= 15 is 0 Å². The second kappa shape index (κ2) is 7.60. The molecule has 0 saturated heterocycles. The maximum Gasteiger partial charge on any atom is 0.219 e. The third kappa shape index (κ3) is 3.48. The van der Waals surface area contributed by atoms with Crippen LogP contribution in [0.4, 0.5) is 0 Å². The Kier molecular flexibility index (Phi) is 5.27. The number of fused-ring (bicyclic) bond motifs is 3. The lowest BCUT2D eigenvalue weighted by molar-refractivity contribution is -0.121. The zero-order valence-corrected chi connectivity index (χ0v) is 15.1. The minimum atomic E-state index is 0.122. The van der Waals surface area contributed by atoms with Crippen LogP contribution in [0, 0.1) is 0 Å². The largest absolute Gasteiger partial charge is 0.497 e. The van der Waals surface area contributed by atoms with Gasteiger partial charge in [0, 0.05) is 18.9 Å². The Bertz CT molecular complexity index is 716. The zero-order valence-electron chi connectivity index (χ0n) is 15.1. The molecule has 0 unspecified atom stereocenters. The Morgan fingerprint density at radius 1 is 1.00 bits per heavy atom. The summed E-state index contributed by atoms with van der Waals surface area (Å²) in [4.78, 5) is 11.8. The van der Waals surface area contributed by atoms with Crippen LogP contribution in [-0.4, -0.2) is 26.7 Å². The molecule has 0 bridgehead atoms. The molecule has 2 aromatic rings. The number of rotatable bonds is 7. The number of amides is 1. The fourth-order valence-corrected chi connectivity index (χ4v) is 3.55. The van der Waals surface area contributed by atoms with Gasteiger partial charge in [-0.1, -0.05) is 19.1 Å². The van der Waals surface area contributed by atoms with Gasteiger partial charge >= 0.3 is 0 Å². The second-order valence-corrected chi connectivity index (χ2v) is 6.35. The lowest BCUT2D eigenvalue weighted by Gasteiger charge is -2.15. The minimum Gasteiger partial charge on any atom is -0.497 e. The summed E-state index contributed by atoms with van der Waals surface area (Å²) < 4.78 is 10.8. The molecule has 0 heterocycles. The van der Waals surface area contributed by atoms with Gasteiger partial charge in [0.1, 0.15) is 11.5 Å². The molecule has 4 nitrogen and oxygen atoms in total. The van der Waals surface area contributed by atoms with Crippen molar-refractivity contribution in [1.29, 1.82) is 0 Å². The summed E-state index contributed by atoms with van der Waals surface area (Å²) in [6.45, 7) is 2.68. The van der Waals surface area contributed by atoms with E-state index in [1.807, 2.05) is 19.1 Å². The maximum absolute atomic E-state index is 11.8. The van der Waals surface area contributed by atoms with Crippen LogP contribution in [0.2, 0.25) is 0 Å². The van der Waals surface area contributed by atoms with Gasteiger partial charge in [0.05, 0.1) is 14.2 Å². The van der Waals surface area contributed by atoms with Crippen LogP contribution in [0.15, 0.2) is 36.4 Å². The monoisotopic (exact) mass is 339 g/mol. The summed E-state index contributed by atoms with van der Waals surface area (Å²) in [6, 6.07) is 12.5. The molecule has 132 valence electrons. The molecule has 2 aromatic carbocycles. The fourth-order valence-electron chi connectivity index (χ4n) is 3.55. The molecule has 0 saturated carbocycles. The number of carbonyl (C=O) groups is 1. The molecule has 1 aliphatic carbocycles. The molecule has 0 radical (unpaired) electrons. The average Bonchev–Trinajstić information content (AvgIpc) is 2.94. The van der Waals surface area contributed by atoms with Crippen molar-refractivity contribution >= 4 is 5.91 Å². The molecule has 1 aliphatic rings. The first-order valence-corrected chi connectivity index (χ1v) is 8.80. The summed E-state index contributed by atoms with van der Waals surface area (Å²) in [6.07, 6.45) is 2.31. The summed E-state index contributed by atoms with van der Waals surface area (Å²) in [5.41, 5.74) is 4.99. The maximum atomic E-state index is 11.8. The van der Waals surface area contributed by atoms with Crippen LogP contribution < -0.4 is 14.8 Å². The molecule has 1 N–H and O–H groups in total. The van der Waals surface area contributed by atoms with Crippen molar-refractivity contribution < 1.29 is 14.3 Å². The first-order valence-electron chi connectivity index (χ1n) is 8.80. The topological polar surface area (TPSA) is 47.6 Å². The van der Waals surface area contributed by atoms with Gasteiger partial charge in [-0.25, -0.2) is 0 Å². The van der Waals surface area contributed by atoms with Gasteiger partial charge in [-0.05, 0) is 59.4 Å². The predicted octanol–water partition coefficient (Wildman–Crippen LogP) is 4.12. The normalized spacial score (nSPS) is 12.4. The van der Waals surface area contributed by atoms with Crippen molar-refractivity contribution in [2.75, 3.05) is 20.8 Å². The quantitative estimate of drug-likeness (QED) is 0.825. The Hall–Kier alpha value is -2.49. The van der Waals surface area contributed by atoms with E-state index in [1.54, 1.807) is 14.2 Å². The van der Waals surface area contributed by atoms with Crippen molar-refractivity contribution in [3.05, 3.63) is 47.5 Å². The van der Waals surface area contributed by atoms with Gasteiger partial charge in [-0.15, -0.1) is 0 Å². The van der Waals surface area contributed by atoms with E-state index in [2.05, 4.69) is 29.6 Å². The van der Waals surface area contributed by atoms with E-state index in [0.29, 0.717) is 13.0 Å². The molecule has 0 aromatic heterocycles. The zero-order chi connectivity index (χ0) is 17.8. The van der Waals surface area contributed by atoms with Crippen LogP contribution in [0.25, 0.3) is 11.1 Å². The Morgan fingerprint density at radius 2 is 1.56 bits per heavy atom. The summed E-state index contributed by atoms with van der Waals surface area (Å²) in [7, 11) is 3.37. The molecule has 4 heteroatoms. The number of hydrogen-bond donors (Lipinski definition) is 1. The highest BCUT2D eigenvalue weighted by Gasteiger charge is 2.29. The van der Waals surface area contributed by atoms with E-state index < -0.39 is 0 Å². The smallest absolute Gasteiger partial charge is 0.219 e. The van der Waals surface area contributed by atoms with Crippen LogP contribution in [-0.2, 0) is 4.79 Å². The number of nitrogens with one attached hydrogen (secondary N) is 1. The van der Waals surface area contributed by atoms with Crippen LogP contribution in [0.3, 0.4) is 0 Å². The van der Waals surface area contributed by atoms with Gasteiger partial charge in [0.25, 0.3) is 0 Å². The van der Waals surface area contributed by atoms with Crippen LogP contribution >= 0.6 is 0 Å². The fraction of sp³-hybridized carbons (Fsp3) is 0.381. The predicted molar refractivity (Wildman–Crippen MR) is 99.4 cm³/mol. The Balaban J connectivity index is 1.89. The molecule has 1 amide bonds. The second-order valence-electron chi connectivity index (χ2n) is 6.35. The lowest BCUT2D eigenvalue weighted by Crippen LogP contribution is -2.25. The van der Waals surface area contributed by atoms with Crippen molar-refractivity contribution in [2.24, 2.45) is 0 Å². The van der Waals surface area contributed by atoms with Crippen LogP contribution in [0.5, 0.6) is 11.5 Å². The van der Waals surface area contributed by atoms with Crippen molar-refractivity contribution in [3.8, 4) is 22.6 Å². The first-order chi connectivity index (χ1) is 12.2. The molecule has 0 aliphatic heterocycles. The van der Waals surface area contributed by atoms with Gasteiger partial charge < -0.3 is 14.8 Å². The highest BCUT2D eigenvalue weighted by molar-refractivity contribution is 5.80. The number of hydrogen-bond acceptors (Lipinski definition) is 3. The highest BCUT2D eigenvalue weighted by Crippen LogP contribution is 2.48. The standard InChI is InChI=1S/C21H25NO3/c1-4-5-21(23)22-11-10-18-19-12-14(24-2)6-8-16(19)17-9-7-15(25-3)13-20(17)18/h6-9,12-13,18H,4-5,10-11H2,1-3H3,(H,22,23). The number of methoxy groups -OCH3 is 2. The molecule has 0 atom stereocenters. The number of carbonyl (C=O) groups excluding carboxylic acids is 1. The Labute approximate surface area is 149 Å². The summed E-state index contributed by atoms with van der Waals surface area (Å²) >= 11 is 0. The third-order valence-electron chi connectivity index (χ3n) is 4.79. The first kappa shape index (κ1) is 17.3. The van der Waals surface area contributed by atoms with Crippen molar-refractivity contribution in [2.45, 2.75) is 32.1 Å². The average molecular weight is 339 g/mol. The van der Waals surface area contributed by atoms with E-state index in [4.69, 9.17) is 9.47 Å². The SMILES string of the molecule is CCCC(=O)NCCC1c2cc(OC)ccc2-c2ccc(OC)cc21. The third-order valence-corrected chi connectivity index (χ3v) is 4.79. The number of benzene rings is 2. The molecule has 0 fully saturated rings. The van der Waals surface area contributed by atoms with Crippen molar-refractivity contribution in [1.82, 2.24) is 5.32 Å². The molecule has 0 spiro atoms. The summed E-state index contributed by atoms with van der Waals surface area (Å²) in [5, 5.41) is 3.03. The van der Waals surface area contributed by atoms with Gasteiger partial charge in [-0.3, -0.25) is 4.79 Å².